The fraction of sp³-hybridized carbons (Fsp3) is 0.714. The van der Waals surface area contributed by atoms with Crippen LogP contribution < -0.4 is 0 Å². The van der Waals surface area contributed by atoms with Gasteiger partial charge >= 0.3 is 0 Å². The standard InChI is InChI=1S/C21H28O3/c1-13(22)21(24)11-8-18-16-5-4-14-12-15(23)6-9-19(14,2)17(16)7-10-20(18,21)3/h4-5,12,16-18,24H,6-11H2,1-3H3/t16-,17-,18+,19+,20-,21+/m1/s1. The van der Waals surface area contributed by atoms with E-state index in [1.165, 1.54) is 5.57 Å². The van der Waals surface area contributed by atoms with Gasteiger partial charge in [-0.3, -0.25) is 9.59 Å². The third kappa shape index (κ3) is 1.82. The molecule has 1 N–H and O–H groups in total. The Morgan fingerprint density at radius 3 is 2.58 bits per heavy atom. The second-order valence-electron chi connectivity index (χ2n) is 9.04. The number of hydrogen-bond acceptors (Lipinski definition) is 3. The van der Waals surface area contributed by atoms with Gasteiger partial charge < -0.3 is 5.11 Å². The molecule has 0 spiro atoms. The van der Waals surface area contributed by atoms with Gasteiger partial charge in [-0.15, -0.1) is 0 Å². The predicted molar refractivity (Wildman–Crippen MR) is 92.2 cm³/mol. The Hall–Kier alpha value is -1.22. The maximum Gasteiger partial charge on any atom is 0.161 e. The number of aliphatic hydroxyl groups is 1. The van der Waals surface area contributed by atoms with Crippen LogP contribution in [0.15, 0.2) is 23.8 Å². The summed E-state index contributed by atoms with van der Waals surface area (Å²) in [4.78, 5) is 24.0. The number of ketones is 2. The van der Waals surface area contributed by atoms with Crippen molar-refractivity contribution in [2.24, 2.45) is 28.6 Å². The van der Waals surface area contributed by atoms with Crippen LogP contribution in [-0.4, -0.2) is 22.3 Å². The van der Waals surface area contributed by atoms with Gasteiger partial charge in [-0.2, -0.15) is 0 Å². The number of hydrogen-bond donors (Lipinski definition) is 1. The van der Waals surface area contributed by atoms with Gasteiger partial charge in [-0.25, -0.2) is 0 Å². The van der Waals surface area contributed by atoms with Gasteiger partial charge in [0.2, 0.25) is 0 Å². The average Bonchev–Trinajstić information content (AvgIpc) is 2.81. The quantitative estimate of drug-likeness (QED) is 0.800. The van der Waals surface area contributed by atoms with E-state index in [1.807, 2.05) is 6.08 Å². The van der Waals surface area contributed by atoms with E-state index in [2.05, 4.69) is 26.0 Å². The topological polar surface area (TPSA) is 54.4 Å². The molecule has 0 aromatic carbocycles. The monoisotopic (exact) mass is 328 g/mol. The van der Waals surface area contributed by atoms with Crippen LogP contribution in [0.3, 0.4) is 0 Å². The molecule has 4 rings (SSSR count). The van der Waals surface area contributed by atoms with E-state index in [-0.39, 0.29) is 22.4 Å². The molecule has 3 heteroatoms. The van der Waals surface area contributed by atoms with Crippen LogP contribution >= 0.6 is 0 Å². The molecule has 24 heavy (non-hydrogen) atoms. The first kappa shape index (κ1) is 16.3. The first-order chi connectivity index (χ1) is 11.2. The van der Waals surface area contributed by atoms with Crippen LogP contribution in [0.25, 0.3) is 0 Å². The molecule has 0 heterocycles. The molecular formula is C21H28O3. The van der Waals surface area contributed by atoms with E-state index in [4.69, 9.17) is 0 Å². The van der Waals surface area contributed by atoms with Gasteiger partial charge in [0.25, 0.3) is 0 Å². The molecule has 0 amide bonds. The lowest BCUT2D eigenvalue weighted by Gasteiger charge is -2.56. The van der Waals surface area contributed by atoms with Crippen molar-refractivity contribution in [2.75, 3.05) is 0 Å². The minimum absolute atomic E-state index is 0.0687. The highest BCUT2D eigenvalue weighted by Gasteiger charge is 2.64. The lowest BCUT2D eigenvalue weighted by Crippen LogP contribution is -2.56. The van der Waals surface area contributed by atoms with Crippen molar-refractivity contribution in [3.8, 4) is 0 Å². The van der Waals surface area contributed by atoms with Gasteiger partial charge in [0.1, 0.15) is 5.60 Å². The fourth-order valence-electron chi connectivity index (χ4n) is 6.59. The normalized spacial score (nSPS) is 49.9. The number of carbonyl (C=O) groups is 2. The minimum atomic E-state index is -1.16. The molecule has 0 radical (unpaired) electrons. The molecule has 4 aliphatic carbocycles. The summed E-state index contributed by atoms with van der Waals surface area (Å²) in [6, 6.07) is 0. The van der Waals surface area contributed by atoms with E-state index >= 15 is 0 Å². The van der Waals surface area contributed by atoms with Crippen LogP contribution in [0.5, 0.6) is 0 Å². The van der Waals surface area contributed by atoms with Gasteiger partial charge in [0, 0.05) is 11.8 Å². The second-order valence-corrected chi connectivity index (χ2v) is 9.04. The lowest BCUT2D eigenvalue weighted by molar-refractivity contribution is -0.156. The Kier molecular flexibility index (Phi) is 3.32. The zero-order valence-corrected chi connectivity index (χ0v) is 15.0. The van der Waals surface area contributed by atoms with Gasteiger partial charge in [-0.1, -0.05) is 26.0 Å². The number of fused-ring (bicyclic) bond motifs is 5. The molecule has 0 aromatic heterocycles. The van der Waals surface area contributed by atoms with Crippen molar-refractivity contribution in [3.05, 3.63) is 23.8 Å². The second kappa shape index (κ2) is 4.91. The van der Waals surface area contributed by atoms with Gasteiger partial charge in [-0.05, 0) is 73.8 Å². The van der Waals surface area contributed by atoms with Crippen LogP contribution in [0.4, 0.5) is 0 Å². The first-order valence-corrected chi connectivity index (χ1v) is 9.39. The van der Waals surface area contributed by atoms with E-state index in [9.17, 15) is 14.7 Å². The first-order valence-electron chi connectivity index (χ1n) is 9.39. The van der Waals surface area contributed by atoms with Crippen LogP contribution in [0, 0.1) is 28.6 Å². The molecule has 3 nitrogen and oxygen atoms in total. The summed E-state index contributed by atoms with van der Waals surface area (Å²) in [7, 11) is 0. The summed E-state index contributed by atoms with van der Waals surface area (Å²) in [5.74, 6) is 1.47. The van der Waals surface area contributed by atoms with Crippen LogP contribution in [-0.2, 0) is 9.59 Å². The molecule has 0 aromatic rings. The molecule has 4 aliphatic rings. The fourth-order valence-corrected chi connectivity index (χ4v) is 6.59. The Bertz CT molecular complexity index is 675. The van der Waals surface area contributed by atoms with E-state index in [0.29, 0.717) is 30.6 Å². The van der Waals surface area contributed by atoms with Crippen LogP contribution in [0.2, 0.25) is 0 Å². The van der Waals surface area contributed by atoms with E-state index < -0.39 is 5.60 Å². The molecule has 130 valence electrons. The number of allylic oxidation sites excluding steroid dienone is 4. The average molecular weight is 328 g/mol. The highest BCUT2D eigenvalue weighted by Crippen LogP contribution is 2.66. The number of rotatable bonds is 1. The maximum atomic E-state index is 12.2. The Labute approximate surface area is 144 Å². The Morgan fingerprint density at radius 1 is 1.17 bits per heavy atom. The number of Topliss-reactive ketones (excluding diaryl/α,β-unsaturated/α-hetero) is 1. The van der Waals surface area contributed by atoms with E-state index in [0.717, 1.165) is 25.7 Å². The molecule has 2 fully saturated rings. The van der Waals surface area contributed by atoms with Gasteiger partial charge in [0.05, 0.1) is 0 Å². The van der Waals surface area contributed by atoms with Crippen LogP contribution in [0.1, 0.15) is 59.3 Å². The lowest BCUT2D eigenvalue weighted by atomic mass is 9.48. The number of carbonyl (C=O) groups excluding carboxylic acids is 2. The van der Waals surface area contributed by atoms with Crippen molar-refractivity contribution in [1.29, 1.82) is 0 Å². The summed E-state index contributed by atoms with van der Waals surface area (Å²) < 4.78 is 0. The smallest absolute Gasteiger partial charge is 0.161 e. The summed E-state index contributed by atoms with van der Waals surface area (Å²) in [6.07, 6.45) is 11.3. The van der Waals surface area contributed by atoms with Gasteiger partial charge in [0.15, 0.2) is 11.6 Å². The molecule has 6 atom stereocenters. The SMILES string of the molecule is CC(=O)[C@@]1(O)CC[C@H]2[C@@H]3C=CC4=CC(=O)CC[C@]4(C)[C@@H]3CC[C@]21C. The highest BCUT2D eigenvalue weighted by molar-refractivity contribution is 5.92. The molecule has 2 saturated carbocycles. The Balaban J connectivity index is 1.75. The summed E-state index contributed by atoms with van der Waals surface area (Å²) in [5, 5.41) is 11.1. The third-order valence-corrected chi connectivity index (χ3v) is 8.25. The molecule has 0 bridgehead atoms. The predicted octanol–water partition coefficient (Wildman–Crippen LogP) is 3.61. The summed E-state index contributed by atoms with van der Waals surface area (Å²) in [6.45, 7) is 6.00. The van der Waals surface area contributed by atoms with Crippen molar-refractivity contribution < 1.29 is 14.7 Å². The van der Waals surface area contributed by atoms with Crippen molar-refractivity contribution in [3.63, 3.8) is 0 Å². The zero-order valence-electron chi connectivity index (χ0n) is 15.0. The molecular weight excluding hydrogens is 300 g/mol. The highest BCUT2D eigenvalue weighted by atomic mass is 16.3. The maximum absolute atomic E-state index is 12.2. The van der Waals surface area contributed by atoms with Crippen molar-refractivity contribution in [2.45, 2.75) is 64.9 Å². The molecule has 0 unspecified atom stereocenters. The third-order valence-electron chi connectivity index (χ3n) is 8.25. The summed E-state index contributed by atoms with van der Waals surface area (Å²) >= 11 is 0. The molecule has 0 aliphatic heterocycles. The largest absolute Gasteiger partial charge is 0.382 e. The Morgan fingerprint density at radius 2 is 1.88 bits per heavy atom. The van der Waals surface area contributed by atoms with Crippen molar-refractivity contribution >= 4 is 11.6 Å². The van der Waals surface area contributed by atoms with Crippen molar-refractivity contribution in [1.82, 2.24) is 0 Å². The summed E-state index contributed by atoms with van der Waals surface area (Å²) in [5.41, 5.74) is -0.197. The zero-order chi connectivity index (χ0) is 17.3. The molecule has 0 saturated heterocycles. The van der Waals surface area contributed by atoms with E-state index in [1.54, 1.807) is 6.92 Å². The minimum Gasteiger partial charge on any atom is -0.382 e.